The lowest BCUT2D eigenvalue weighted by Gasteiger charge is -2.11. The predicted molar refractivity (Wildman–Crippen MR) is 93.4 cm³/mol. The van der Waals surface area contributed by atoms with E-state index in [1.54, 1.807) is 31.2 Å². The first-order chi connectivity index (χ1) is 10.8. The van der Waals surface area contributed by atoms with Gasteiger partial charge in [-0.1, -0.05) is 12.1 Å². The molecule has 0 unspecified atom stereocenters. The first-order valence-electron chi connectivity index (χ1n) is 7.30. The van der Waals surface area contributed by atoms with Crippen LogP contribution in [0.2, 0.25) is 0 Å². The number of hydrogen-bond acceptors (Lipinski definition) is 3. The van der Waals surface area contributed by atoms with Gasteiger partial charge in [0, 0.05) is 16.9 Å². The summed E-state index contributed by atoms with van der Waals surface area (Å²) in [4.78, 5) is 12.3. The van der Waals surface area contributed by atoms with Gasteiger partial charge in [0.2, 0.25) is 10.0 Å². The highest BCUT2D eigenvalue weighted by atomic mass is 32.2. The molecule has 0 spiro atoms. The summed E-state index contributed by atoms with van der Waals surface area (Å²) < 4.78 is 25.5. The number of sulfonamides is 1. The lowest BCUT2D eigenvalue weighted by atomic mass is 10.1. The van der Waals surface area contributed by atoms with E-state index in [4.69, 9.17) is 0 Å². The van der Waals surface area contributed by atoms with Crippen LogP contribution in [0.4, 0.5) is 11.4 Å². The van der Waals surface area contributed by atoms with Crippen molar-refractivity contribution in [2.24, 2.45) is 0 Å². The molecule has 0 aromatic heterocycles. The van der Waals surface area contributed by atoms with Crippen LogP contribution in [-0.2, 0) is 10.0 Å². The number of hydrogen-bond donors (Lipinski definition) is 2. The Hall–Kier alpha value is -2.34. The van der Waals surface area contributed by atoms with Gasteiger partial charge in [-0.25, -0.2) is 8.42 Å². The van der Waals surface area contributed by atoms with Crippen molar-refractivity contribution in [3.05, 3.63) is 59.2 Å². The second kappa shape index (κ2) is 6.83. The molecule has 0 aliphatic carbocycles. The highest BCUT2D eigenvalue weighted by Crippen LogP contribution is 2.19. The van der Waals surface area contributed by atoms with E-state index in [2.05, 4.69) is 10.0 Å². The third-order valence-electron chi connectivity index (χ3n) is 3.65. The maximum atomic E-state index is 12.3. The Morgan fingerprint density at radius 3 is 2.30 bits per heavy atom. The molecule has 23 heavy (non-hydrogen) atoms. The number of aryl methyl sites for hydroxylation is 1. The minimum atomic E-state index is -3.32. The topological polar surface area (TPSA) is 75.3 Å². The van der Waals surface area contributed by atoms with Crippen LogP contribution >= 0.6 is 0 Å². The van der Waals surface area contributed by atoms with Crippen LogP contribution < -0.4 is 10.0 Å². The monoisotopic (exact) mass is 332 g/mol. The fourth-order valence-electron chi connectivity index (χ4n) is 2.02. The van der Waals surface area contributed by atoms with Crippen molar-refractivity contribution in [1.82, 2.24) is 0 Å². The zero-order valence-corrected chi connectivity index (χ0v) is 14.2. The molecule has 0 bridgehead atoms. The van der Waals surface area contributed by atoms with Crippen LogP contribution in [0.1, 0.15) is 28.4 Å². The second-order valence-electron chi connectivity index (χ2n) is 5.28. The van der Waals surface area contributed by atoms with E-state index >= 15 is 0 Å². The Morgan fingerprint density at radius 1 is 1.04 bits per heavy atom. The van der Waals surface area contributed by atoms with Gasteiger partial charge in [-0.2, -0.15) is 0 Å². The van der Waals surface area contributed by atoms with E-state index in [1.807, 2.05) is 32.0 Å². The van der Waals surface area contributed by atoms with Gasteiger partial charge in [-0.3, -0.25) is 9.52 Å². The molecule has 0 aliphatic rings. The Labute approximate surface area is 136 Å². The molecule has 1 amide bonds. The van der Waals surface area contributed by atoms with E-state index in [1.165, 1.54) is 0 Å². The summed E-state index contributed by atoms with van der Waals surface area (Å²) >= 11 is 0. The minimum absolute atomic E-state index is 0.00186. The molecule has 0 atom stereocenters. The minimum Gasteiger partial charge on any atom is -0.322 e. The van der Waals surface area contributed by atoms with Gasteiger partial charge < -0.3 is 5.32 Å². The first-order valence-corrected chi connectivity index (χ1v) is 8.96. The molecule has 2 aromatic carbocycles. The fourth-order valence-corrected chi connectivity index (χ4v) is 2.66. The Bertz CT molecular complexity index is 812. The van der Waals surface area contributed by atoms with Crippen molar-refractivity contribution in [2.45, 2.75) is 20.8 Å². The highest BCUT2D eigenvalue weighted by Gasteiger charge is 2.10. The zero-order chi connectivity index (χ0) is 17.0. The van der Waals surface area contributed by atoms with E-state index in [0.717, 1.165) is 16.8 Å². The largest absolute Gasteiger partial charge is 0.322 e. The average molecular weight is 332 g/mol. The summed E-state index contributed by atoms with van der Waals surface area (Å²) in [7, 11) is -3.32. The molecule has 0 saturated heterocycles. The van der Waals surface area contributed by atoms with Crippen LogP contribution in [-0.4, -0.2) is 20.1 Å². The van der Waals surface area contributed by atoms with Crippen LogP contribution in [0.25, 0.3) is 0 Å². The van der Waals surface area contributed by atoms with Gasteiger partial charge in [0.1, 0.15) is 0 Å². The smallest absolute Gasteiger partial charge is 0.255 e. The molecule has 6 heteroatoms. The molecular formula is C17H20N2O3S. The van der Waals surface area contributed by atoms with Crippen molar-refractivity contribution in [1.29, 1.82) is 0 Å². The summed E-state index contributed by atoms with van der Waals surface area (Å²) in [5, 5.41) is 2.87. The van der Waals surface area contributed by atoms with Gasteiger partial charge in [0.05, 0.1) is 5.75 Å². The molecule has 0 saturated carbocycles. The first kappa shape index (κ1) is 17.0. The van der Waals surface area contributed by atoms with Crippen molar-refractivity contribution in [2.75, 3.05) is 15.8 Å². The van der Waals surface area contributed by atoms with Crippen LogP contribution in [0.5, 0.6) is 0 Å². The number of carbonyl (C=O) groups is 1. The fraction of sp³-hybridized carbons (Fsp3) is 0.235. The lowest BCUT2D eigenvalue weighted by molar-refractivity contribution is 0.102. The number of benzene rings is 2. The second-order valence-corrected chi connectivity index (χ2v) is 7.30. The molecule has 0 aliphatic heterocycles. The van der Waals surface area contributed by atoms with Gasteiger partial charge in [-0.15, -0.1) is 0 Å². The van der Waals surface area contributed by atoms with Gasteiger partial charge in [0.25, 0.3) is 5.91 Å². The third-order valence-corrected chi connectivity index (χ3v) is 4.96. The van der Waals surface area contributed by atoms with Gasteiger partial charge in [0.15, 0.2) is 0 Å². The van der Waals surface area contributed by atoms with E-state index in [9.17, 15) is 13.2 Å². The van der Waals surface area contributed by atoms with Crippen LogP contribution in [0, 0.1) is 13.8 Å². The van der Waals surface area contributed by atoms with E-state index in [0.29, 0.717) is 11.3 Å². The normalized spacial score (nSPS) is 11.1. The van der Waals surface area contributed by atoms with Gasteiger partial charge in [-0.05, 0) is 62.2 Å². The summed E-state index contributed by atoms with van der Waals surface area (Å²) in [6, 6.07) is 12.1. The Morgan fingerprint density at radius 2 is 1.70 bits per heavy atom. The van der Waals surface area contributed by atoms with E-state index < -0.39 is 10.0 Å². The predicted octanol–water partition coefficient (Wildman–Crippen LogP) is 3.32. The average Bonchev–Trinajstić information content (AvgIpc) is 2.52. The van der Waals surface area contributed by atoms with Crippen LogP contribution in [0.15, 0.2) is 42.5 Å². The lowest BCUT2D eigenvalue weighted by Crippen LogP contribution is -2.15. The standard InChI is InChI=1S/C17H20N2O3S/c1-4-23(21,22)19-15-10-8-14(9-11-15)17(20)18-16-7-5-6-12(2)13(16)3/h5-11,19H,4H2,1-3H3,(H,18,20). The van der Waals surface area contributed by atoms with Gasteiger partial charge >= 0.3 is 0 Å². The molecule has 5 nitrogen and oxygen atoms in total. The number of rotatable bonds is 5. The number of anilines is 2. The van der Waals surface area contributed by atoms with Crippen LogP contribution in [0.3, 0.4) is 0 Å². The summed E-state index contributed by atoms with van der Waals surface area (Å²) in [6.45, 7) is 5.50. The molecule has 2 rings (SSSR count). The van der Waals surface area contributed by atoms with Crippen molar-refractivity contribution in [3.8, 4) is 0 Å². The summed E-state index contributed by atoms with van der Waals surface area (Å²) in [5.74, 6) is -0.231. The van der Waals surface area contributed by atoms with Crippen molar-refractivity contribution >= 4 is 27.3 Å². The van der Waals surface area contributed by atoms with Crippen molar-refractivity contribution < 1.29 is 13.2 Å². The quantitative estimate of drug-likeness (QED) is 0.882. The highest BCUT2D eigenvalue weighted by molar-refractivity contribution is 7.92. The maximum Gasteiger partial charge on any atom is 0.255 e. The molecular weight excluding hydrogens is 312 g/mol. The SMILES string of the molecule is CCS(=O)(=O)Nc1ccc(C(=O)Nc2cccc(C)c2C)cc1. The Kier molecular flexibility index (Phi) is 5.05. The van der Waals surface area contributed by atoms with E-state index in [-0.39, 0.29) is 11.7 Å². The molecule has 0 radical (unpaired) electrons. The number of amides is 1. The molecule has 122 valence electrons. The summed E-state index contributed by atoms with van der Waals surface area (Å²) in [5.41, 5.74) is 3.80. The third kappa shape index (κ3) is 4.32. The number of nitrogens with one attached hydrogen (secondary N) is 2. The molecule has 0 fully saturated rings. The Balaban J connectivity index is 2.13. The van der Waals surface area contributed by atoms with Crippen molar-refractivity contribution in [3.63, 3.8) is 0 Å². The zero-order valence-electron chi connectivity index (χ0n) is 13.4. The molecule has 0 heterocycles. The molecule has 2 N–H and O–H groups in total. The summed E-state index contributed by atoms with van der Waals surface area (Å²) in [6.07, 6.45) is 0. The maximum absolute atomic E-state index is 12.3. The molecule has 2 aromatic rings. The number of carbonyl (C=O) groups excluding carboxylic acids is 1.